The van der Waals surface area contributed by atoms with Gasteiger partial charge in [-0.2, -0.15) is 0 Å². The van der Waals surface area contributed by atoms with Gasteiger partial charge in [-0.15, -0.1) is 0 Å². The zero-order valence-electron chi connectivity index (χ0n) is 13.3. The summed E-state index contributed by atoms with van der Waals surface area (Å²) in [6, 6.07) is 0.192. The smallest absolute Gasteiger partial charge is 0.220 e. The Morgan fingerprint density at radius 3 is 2.62 bits per heavy atom. The van der Waals surface area contributed by atoms with E-state index < -0.39 is 0 Å². The topological polar surface area (TPSA) is 66.4 Å². The number of carbonyl (C=O) groups is 2. The minimum Gasteiger partial charge on any atom is -0.396 e. The molecule has 2 aliphatic carbocycles. The number of amides is 1. The van der Waals surface area contributed by atoms with Crippen LogP contribution in [-0.4, -0.2) is 29.4 Å². The van der Waals surface area contributed by atoms with Crippen LogP contribution in [0.1, 0.15) is 58.8 Å². The van der Waals surface area contributed by atoms with Gasteiger partial charge in [-0.1, -0.05) is 13.3 Å². The van der Waals surface area contributed by atoms with Crippen molar-refractivity contribution in [1.82, 2.24) is 5.32 Å². The maximum Gasteiger partial charge on any atom is 0.220 e. The normalized spacial score (nSPS) is 32.1. The molecule has 2 saturated carbocycles. The Bertz CT molecular complexity index is 382. The van der Waals surface area contributed by atoms with Gasteiger partial charge in [0.2, 0.25) is 5.91 Å². The van der Waals surface area contributed by atoms with Crippen LogP contribution in [0.4, 0.5) is 0 Å². The van der Waals surface area contributed by atoms with Gasteiger partial charge >= 0.3 is 0 Å². The summed E-state index contributed by atoms with van der Waals surface area (Å²) in [6.07, 6.45) is 6.76. The second kappa shape index (κ2) is 7.39. The number of Topliss-reactive ketones (excluding diaryl/α,β-unsaturated/α-hetero) is 1. The molecule has 0 aromatic carbocycles. The quantitative estimate of drug-likeness (QED) is 0.675. The molecule has 120 valence electrons. The van der Waals surface area contributed by atoms with Gasteiger partial charge in [-0.25, -0.2) is 0 Å². The lowest BCUT2D eigenvalue weighted by molar-refractivity contribution is -0.122. The minimum absolute atomic E-state index is 0.109. The Labute approximate surface area is 127 Å². The Morgan fingerprint density at radius 1 is 1.24 bits per heavy atom. The molecule has 0 aliphatic heterocycles. The highest BCUT2D eigenvalue weighted by Gasteiger charge is 2.47. The van der Waals surface area contributed by atoms with Gasteiger partial charge in [0.05, 0.1) is 0 Å². The van der Waals surface area contributed by atoms with Crippen LogP contribution in [0.5, 0.6) is 0 Å². The summed E-state index contributed by atoms with van der Waals surface area (Å²) < 4.78 is 0. The SMILES string of the molecule is CC(=O)C(C)CCCCC(=O)NC1C2CCC(C2)C1CO. The van der Waals surface area contributed by atoms with E-state index in [0.717, 1.165) is 19.3 Å². The van der Waals surface area contributed by atoms with Gasteiger partial charge < -0.3 is 10.4 Å². The molecule has 5 atom stereocenters. The van der Waals surface area contributed by atoms with Crippen molar-refractivity contribution in [3.05, 3.63) is 0 Å². The zero-order chi connectivity index (χ0) is 15.4. The number of nitrogens with one attached hydrogen (secondary N) is 1. The zero-order valence-corrected chi connectivity index (χ0v) is 13.3. The lowest BCUT2D eigenvalue weighted by Crippen LogP contribution is -2.45. The maximum atomic E-state index is 12.1. The van der Waals surface area contributed by atoms with Crippen LogP contribution in [0.15, 0.2) is 0 Å². The lowest BCUT2D eigenvalue weighted by Gasteiger charge is -2.30. The van der Waals surface area contributed by atoms with Crippen LogP contribution in [0.25, 0.3) is 0 Å². The van der Waals surface area contributed by atoms with Crippen molar-refractivity contribution in [2.75, 3.05) is 6.61 Å². The highest BCUT2D eigenvalue weighted by molar-refractivity contribution is 5.78. The number of aliphatic hydroxyl groups excluding tert-OH is 1. The molecule has 0 aromatic heterocycles. The summed E-state index contributed by atoms with van der Waals surface area (Å²) in [7, 11) is 0. The van der Waals surface area contributed by atoms with Crippen molar-refractivity contribution in [3.8, 4) is 0 Å². The average Bonchev–Trinajstić information content (AvgIpc) is 3.04. The molecule has 21 heavy (non-hydrogen) atoms. The fourth-order valence-electron chi connectivity index (χ4n) is 4.10. The fraction of sp³-hybridized carbons (Fsp3) is 0.882. The second-order valence-electron chi connectivity index (χ2n) is 7.03. The van der Waals surface area contributed by atoms with Crippen LogP contribution in [0, 0.1) is 23.7 Å². The first kappa shape index (κ1) is 16.5. The van der Waals surface area contributed by atoms with Gasteiger partial charge in [-0.3, -0.25) is 9.59 Å². The van der Waals surface area contributed by atoms with E-state index in [1.54, 1.807) is 6.92 Å². The molecule has 0 spiro atoms. The molecule has 2 bridgehead atoms. The molecular weight excluding hydrogens is 266 g/mol. The van der Waals surface area contributed by atoms with Crippen molar-refractivity contribution in [2.45, 2.75) is 64.8 Å². The molecule has 0 aromatic rings. The van der Waals surface area contributed by atoms with Crippen LogP contribution in [0.2, 0.25) is 0 Å². The summed E-state index contributed by atoms with van der Waals surface area (Å²) in [5.41, 5.74) is 0. The molecule has 4 nitrogen and oxygen atoms in total. The van der Waals surface area contributed by atoms with Crippen LogP contribution < -0.4 is 5.32 Å². The summed E-state index contributed by atoms with van der Waals surface area (Å²) in [4.78, 5) is 23.2. The maximum absolute atomic E-state index is 12.1. The van der Waals surface area contributed by atoms with Crippen molar-refractivity contribution in [1.29, 1.82) is 0 Å². The van der Waals surface area contributed by atoms with E-state index in [2.05, 4.69) is 5.32 Å². The predicted octanol–water partition coefficient (Wildman–Crippen LogP) is 2.30. The van der Waals surface area contributed by atoms with Crippen LogP contribution in [0.3, 0.4) is 0 Å². The first-order chi connectivity index (χ1) is 10.0. The Kier molecular flexibility index (Phi) is 5.80. The fourth-order valence-corrected chi connectivity index (χ4v) is 4.10. The summed E-state index contributed by atoms with van der Waals surface area (Å²) in [5, 5.41) is 12.7. The molecule has 2 fully saturated rings. The van der Waals surface area contributed by atoms with Crippen molar-refractivity contribution in [2.24, 2.45) is 23.7 Å². The number of carbonyl (C=O) groups excluding carboxylic acids is 2. The van der Waals surface area contributed by atoms with E-state index in [1.807, 2.05) is 6.92 Å². The van der Waals surface area contributed by atoms with E-state index in [1.165, 1.54) is 19.3 Å². The number of rotatable bonds is 8. The van der Waals surface area contributed by atoms with E-state index in [-0.39, 0.29) is 36.2 Å². The van der Waals surface area contributed by atoms with Crippen LogP contribution >= 0.6 is 0 Å². The number of aliphatic hydroxyl groups is 1. The highest BCUT2D eigenvalue weighted by Crippen LogP contribution is 2.48. The van der Waals surface area contributed by atoms with E-state index in [9.17, 15) is 14.7 Å². The van der Waals surface area contributed by atoms with E-state index in [4.69, 9.17) is 0 Å². The van der Waals surface area contributed by atoms with Gasteiger partial charge in [0.25, 0.3) is 0 Å². The van der Waals surface area contributed by atoms with Gasteiger partial charge in [0.15, 0.2) is 0 Å². The standard InChI is InChI=1S/C17H29NO3/c1-11(12(2)20)5-3-4-6-16(21)18-17-14-8-7-13(9-14)15(17)10-19/h11,13-15,17,19H,3-10H2,1-2H3,(H,18,21). The van der Waals surface area contributed by atoms with Gasteiger partial charge in [0.1, 0.15) is 5.78 Å². The summed E-state index contributed by atoms with van der Waals surface area (Å²) in [5.74, 6) is 1.91. The second-order valence-corrected chi connectivity index (χ2v) is 7.03. The molecule has 4 heteroatoms. The monoisotopic (exact) mass is 295 g/mol. The molecule has 2 N–H and O–H groups in total. The Morgan fingerprint density at radius 2 is 1.95 bits per heavy atom. The number of unbranched alkanes of at least 4 members (excludes halogenated alkanes) is 1. The minimum atomic E-state index is 0.109. The van der Waals surface area contributed by atoms with E-state index >= 15 is 0 Å². The number of fused-ring (bicyclic) bond motifs is 2. The molecule has 0 saturated heterocycles. The first-order valence-corrected chi connectivity index (χ1v) is 8.43. The molecule has 2 aliphatic rings. The molecule has 0 radical (unpaired) electrons. The first-order valence-electron chi connectivity index (χ1n) is 8.43. The van der Waals surface area contributed by atoms with Crippen molar-refractivity contribution < 1.29 is 14.7 Å². The summed E-state index contributed by atoms with van der Waals surface area (Å²) in [6.45, 7) is 3.77. The molecule has 0 heterocycles. The molecule has 1 amide bonds. The third-order valence-electron chi connectivity index (χ3n) is 5.61. The number of hydrogen-bond donors (Lipinski definition) is 2. The molecule has 5 unspecified atom stereocenters. The van der Waals surface area contributed by atoms with Crippen molar-refractivity contribution in [3.63, 3.8) is 0 Å². The Balaban J connectivity index is 1.67. The number of ketones is 1. The molecular formula is C17H29NO3. The predicted molar refractivity (Wildman–Crippen MR) is 81.7 cm³/mol. The lowest BCUT2D eigenvalue weighted by atomic mass is 9.85. The highest BCUT2D eigenvalue weighted by atomic mass is 16.3. The third-order valence-corrected chi connectivity index (χ3v) is 5.61. The average molecular weight is 295 g/mol. The van der Waals surface area contributed by atoms with Crippen LogP contribution in [-0.2, 0) is 9.59 Å². The third kappa shape index (κ3) is 4.06. The van der Waals surface area contributed by atoms with Crippen molar-refractivity contribution >= 4 is 11.7 Å². The Hall–Kier alpha value is -0.900. The summed E-state index contributed by atoms with van der Waals surface area (Å²) >= 11 is 0. The van der Waals surface area contributed by atoms with Gasteiger partial charge in [-0.05, 0) is 50.9 Å². The van der Waals surface area contributed by atoms with E-state index in [0.29, 0.717) is 18.3 Å². The molecule has 2 rings (SSSR count). The largest absolute Gasteiger partial charge is 0.396 e. The number of hydrogen-bond acceptors (Lipinski definition) is 3. The van der Waals surface area contributed by atoms with Gasteiger partial charge in [0, 0.05) is 30.9 Å².